The standard InChI is InChI=1S/C19H30N2O5/c1-9-13-10-11-14(12-15(13)24-8)21(17(23)26-19(5,6)7)20-16(22)25-18(2,3)4/h10-12H,9H2,1-8H3,(H,20,22). The van der Waals surface area contributed by atoms with Crippen LogP contribution in [-0.4, -0.2) is 30.5 Å². The summed E-state index contributed by atoms with van der Waals surface area (Å²) in [4.78, 5) is 24.8. The van der Waals surface area contributed by atoms with E-state index in [4.69, 9.17) is 14.2 Å². The number of nitrogens with one attached hydrogen (secondary N) is 1. The predicted molar refractivity (Wildman–Crippen MR) is 100 cm³/mol. The molecule has 0 aliphatic heterocycles. The van der Waals surface area contributed by atoms with Gasteiger partial charge in [-0.1, -0.05) is 13.0 Å². The molecule has 0 unspecified atom stereocenters. The molecule has 26 heavy (non-hydrogen) atoms. The maximum Gasteiger partial charge on any atom is 0.434 e. The Morgan fingerprint density at radius 3 is 2.08 bits per heavy atom. The van der Waals surface area contributed by atoms with Crippen molar-refractivity contribution in [1.29, 1.82) is 0 Å². The molecule has 0 heterocycles. The number of rotatable bonds is 3. The molecule has 1 aromatic rings. The maximum atomic E-state index is 12.6. The van der Waals surface area contributed by atoms with Gasteiger partial charge in [-0.15, -0.1) is 0 Å². The van der Waals surface area contributed by atoms with Crippen LogP contribution in [0.1, 0.15) is 54.0 Å². The highest BCUT2D eigenvalue weighted by Gasteiger charge is 2.27. The van der Waals surface area contributed by atoms with Crippen LogP contribution in [0.5, 0.6) is 5.75 Å². The second-order valence-electron chi connectivity index (χ2n) is 7.78. The highest BCUT2D eigenvalue weighted by Crippen LogP contribution is 2.26. The largest absolute Gasteiger partial charge is 0.496 e. The summed E-state index contributed by atoms with van der Waals surface area (Å²) in [6.45, 7) is 12.5. The molecule has 0 spiro atoms. The van der Waals surface area contributed by atoms with E-state index in [9.17, 15) is 9.59 Å². The van der Waals surface area contributed by atoms with Gasteiger partial charge in [-0.05, 0) is 59.6 Å². The molecule has 0 bridgehead atoms. The first-order chi connectivity index (χ1) is 11.9. The Morgan fingerprint density at radius 1 is 1.04 bits per heavy atom. The number of nitrogens with zero attached hydrogens (tertiary/aromatic N) is 1. The fourth-order valence-electron chi connectivity index (χ4n) is 2.08. The van der Waals surface area contributed by atoms with E-state index in [2.05, 4.69) is 5.43 Å². The summed E-state index contributed by atoms with van der Waals surface area (Å²) in [6.07, 6.45) is -0.716. The van der Waals surface area contributed by atoms with Crippen LogP contribution in [0.4, 0.5) is 15.3 Å². The van der Waals surface area contributed by atoms with Crippen molar-refractivity contribution in [3.8, 4) is 5.75 Å². The molecule has 0 aliphatic rings. The van der Waals surface area contributed by atoms with Crippen LogP contribution in [-0.2, 0) is 15.9 Å². The third-order valence-corrected chi connectivity index (χ3v) is 3.09. The molecule has 1 rings (SSSR count). The molecule has 0 fully saturated rings. The van der Waals surface area contributed by atoms with Crippen molar-refractivity contribution < 1.29 is 23.8 Å². The Bertz CT molecular complexity index is 644. The quantitative estimate of drug-likeness (QED) is 0.800. The third-order valence-electron chi connectivity index (χ3n) is 3.09. The summed E-state index contributed by atoms with van der Waals surface area (Å²) < 4.78 is 16.0. The van der Waals surface area contributed by atoms with Crippen LogP contribution in [0.2, 0.25) is 0 Å². The van der Waals surface area contributed by atoms with Gasteiger partial charge in [-0.3, -0.25) is 0 Å². The zero-order chi connectivity index (χ0) is 20.1. The lowest BCUT2D eigenvalue weighted by atomic mass is 10.1. The number of aryl methyl sites for hydroxylation is 1. The molecule has 0 aromatic heterocycles. The Balaban J connectivity index is 3.19. The molecule has 1 aromatic carbocycles. The van der Waals surface area contributed by atoms with Crippen molar-refractivity contribution in [3.05, 3.63) is 23.8 Å². The Kier molecular flexibility index (Phi) is 6.89. The van der Waals surface area contributed by atoms with Gasteiger partial charge >= 0.3 is 12.2 Å². The second kappa shape index (κ2) is 8.29. The number of carbonyl (C=O) groups excluding carboxylic acids is 2. The van der Waals surface area contributed by atoms with Gasteiger partial charge in [-0.2, -0.15) is 5.01 Å². The molecule has 7 nitrogen and oxygen atoms in total. The molecule has 2 amide bonds. The van der Waals surface area contributed by atoms with Crippen molar-refractivity contribution in [2.75, 3.05) is 12.1 Å². The second-order valence-corrected chi connectivity index (χ2v) is 7.78. The Hall–Kier alpha value is -2.44. The van der Waals surface area contributed by atoms with Gasteiger partial charge in [-0.25, -0.2) is 15.0 Å². The molecular weight excluding hydrogens is 336 g/mol. The van der Waals surface area contributed by atoms with Gasteiger partial charge in [0.05, 0.1) is 12.8 Å². The lowest BCUT2D eigenvalue weighted by Gasteiger charge is -2.29. The van der Waals surface area contributed by atoms with Gasteiger partial charge in [0.25, 0.3) is 0 Å². The normalized spacial score (nSPS) is 11.5. The van der Waals surface area contributed by atoms with Crippen molar-refractivity contribution in [2.24, 2.45) is 0 Å². The molecule has 0 radical (unpaired) electrons. The van der Waals surface area contributed by atoms with Gasteiger partial charge in [0.1, 0.15) is 17.0 Å². The van der Waals surface area contributed by atoms with E-state index in [1.807, 2.05) is 13.0 Å². The number of hydrogen-bond acceptors (Lipinski definition) is 5. The summed E-state index contributed by atoms with van der Waals surface area (Å²) >= 11 is 0. The van der Waals surface area contributed by atoms with E-state index in [-0.39, 0.29) is 0 Å². The minimum Gasteiger partial charge on any atom is -0.496 e. The average molecular weight is 366 g/mol. The smallest absolute Gasteiger partial charge is 0.434 e. The maximum absolute atomic E-state index is 12.6. The minimum atomic E-state index is -0.762. The van der Waals surface area contributed by atoms with Crippen LogP contribution in [0.15, 0.2) is 18.2 Å². The highest BCUT2D eigenvalue weighted by molar-refractivity contribution is 5.91. The topological polar surface area (TPSA) is 77.1 Å². The number of ether oxygens (including phenoxy) is 3. The first kappa shape index (κ1) is 21.6. The Labute approximate surface area is 155 Å². The molecule has 1 N–H and O–H groups in total. The molecule has 0 atom stereocenters. The fourth-order valence-corrected chi connectivity index (χ4v) is 2.08. The molecule has 0 saturated heterocycles. The number of hydrogen-bond donors (Lipinski definition) is 1. The number of amides is 2. The zero-order valence-electron chi connectivity index (χ0n) is 16.9. The van der Waals surface area contributed by atoms with Gasteiger partial charge in [0.15, 0.2) is 0 Å². The molecule has 146 valence electrons. The van der Waals surface area contributed by atoms with Crippen LogP contribution < -0.4 is 15.2 Å². The number of carbonyl (C=O) groups is 2. The summed E-state index contributed by atoms with van der Waals surface area (Å²) in [5, 5.41) is 1.02. The van der Waals surface area contributed by atoms with Crippen molar-refractivity contribution in [3.63, 3.8) is 0 Å². The predicted octanol–water partition coefficient (Wildman–Crippen LogP) is 4.44. The van der Waals surface area contributed by atoms with E-state index in [1.165, 1.54) is 0 Å². The molecule has 0 aliphatic carbocycles. The first-order valence-electron chi connectivity index (χ1n) is 8.56. The van der Waals surface area contributed by atoms with E-state index in [0.29, 0.717) is 11.4 Å². The van der Waals surface area contributed by atoms with E-state index < -0.39 is 23.4 Å². The number of methoxy groups -OCH3 is 1. The molecule has 0 saturated carbocycles. The molecular formula is C19H30N2O5. The fraction of sp³-hybridized carbons (Fsp3) is 0.579. The van der Waals surface area contributed by atoms with E-state index in [0.717, 1.165) is 17.0 Å². The highest BCUT2D eigenvalue weighted by atomic mass is 16.6. The number of anilines is 1. The third kappa shape index (κ3) is 6.82. The van der Waals surface area contributed by atoms with Crippen LogP contribution in [0.25, 0.3) is 0 Å². The lowest BCUT2D eigenvalue weighted by Crippen LogP contribution is -2.50. The van der Waals surface area contributed by atoms with Gasteiger partial charge < -0.3 is 14.2 Å². The SMILES string of the molecule is CCc1ccc(N(NC(=O)OC(C)(C)C)C(=O)OC(C)(C)C)cc1OC. The minimum absolute atomic E-state index is 0.402. The summed E-state index contributed by atoms with van der Waals surface area (Å²) in [5.41, 5.74) is 2.40. The van der Waals surface area contributed by atoms with Crippen molar-refractivity contribution >= 4 is 17.9 Å². The number of benzene rings is 1. The van der Waals surface area contributed by atoms with Gasteiger partial charge in [0.2, 0.25) is 0 Å². The summed E-state index contributed by atoms with van der Waals surface area (Å²) in [6, 6.07) is 5.21. The summed E-state index contributed by atoms with van der Waals surface area (Å²) in [5.74, 6) is 0.615. The van der Waals surface area contributed by atoms with Crippen molar-refractivity contribution in [1.82, 2.24) is 5.43 Å². The average Bonchev–Trinajstić information content (AvgIpc) is 2.48. The van der Waals surface area contributed by atoms with Crippen molar-refractivity contribution in [2.45, 2.75) is 66.1 Å². The van der Waals surface area contributed by atoms with Gasteiger partial charge in [0, 0.05) is 6.07 Å². The van der Waals surface area contributed by atoms with Crippen LogP contribution >= 0.6 is 0 Å². The summed E-state index contributed by atoms with van der Waals surface area (Å²) in [7, 11) is 1.55. The number of hydrazine groups is 1. The lowest BCUT2D eigenvalue weighted by molar-refractivity contribution is 0.0425. The van der Waals surface area contributed by atoms with E-state index >= 15 is 0 Å². The zero-order valence-corrected chi connectivity index (χ0v) is 16.9. The van der Waals surface area contributed by atoms with Crippen LogP contribution in [0.3, 0.4) is 0 Å². The van der Waals surface area contributed by atoms with E-state index in [1.54, 1.807) is 60.8 Å². The molecule has 7 heteroatoms. The Morgan fingerprint density at radius 2 is 1.62 bits per heavy atom. The first-order valence-corrected chi connectivity index (χ1v) is 8.56. The monoisotopic (exact) mass is 366 g/mol. The van der Waals surface area contributed by atoms with Crippen LogP contribution in [0, 0.1) is 0 Å².